The maximum atomic E-state index is 11.4. The summed E-state index contributed by atoms with van der Waals surface area (Å²) in [4.78, 5) is 6.61. The van der Waals surface area contributed by atoms with Gasteiger partial charge in [0.25, 0.3) is 0 Å². The Hall–Kier alpha value is -2.14. The van der Waals surface area contributed by atoms with Gasteiger partial charge in [-0.2, -0.15) is 0 Å². The van der Waals surface area contributed by atoms with Crippen LogP contribution >= 0.6 is 0 Å². The molecule has 4 nitrogen and oxygen atoms in total. The standard InChI is InChI=1S/C17H19N3OS/c18-17(20-10-12-22(21)13-11-20)19-16-9-5-4-8-15(16)14-6-2-1-3-7-14/h1-9H,10-13H2,(H2,18,19). The van der Waals surface area contributed by atoms with E-state index in [9.17, 15) is 4.21 Å². The number of para-hydroxylation sites is 1. The van der Waals surface area contributed by atoms with E-state index in [0.717, 1.165) is 16.8 Å². The van der Waals surface area contributed by atoms with E-state index in [1.807, 2.05) is 47.4 Å². The van der Waals surface area contributed by atoms with Gasteiger partial charge in [0, 0.05) is 41.0 Å². The predicted octanol–water partition coefficient (Wildman–Crippen LogP) is 2.36. The van der Waals surface area contributed by atoms with Crippen LogP contribution in [0.3, 0.4) is 0 Å². The Morgan fingerprint density at radius 1 is 1.00 bits per heavy atom. The highest BCUT2D eigenvalue weighted by Gasteiger charge is 2.17. The van der Waals surface area contributed by atoms with Crippen molar-refractivity contribution in [3.63, 3.8) is 0 Å². The number of hydrogen-bond donors (Lipinski definition) is 1. The minimum absolute atomic E-state index is 0.500. The summed E-state index contributed by atoms with van der Waals surface area (Å²) in [6.45, 7) is 1.41. The first-order chi connectivity index (χ1) is 10.7. The van der Waals surface area contributed by atoms with Gasteiger partial charge in [0.05, 0.1) is 5.69 Å². The molecule has 0 aromatic heterocycles. The third-order valence-electron chi connectivity index (χ3n) is 3.73. The average Bonchev–Trinajstić information content (AvgIpc) is 2.57. The highest BCUT2D eigenvalue weighted by atomic mass is 32.2. The van der Waals surface area contributed by atoms with Crippen LogP contribution < -0.4 is 5.73 Å². The summed E-state index contributed by atoms with van der Waals surface area (Å²) in [6, 6.07) is 18.1. The SMILES string of the molecule is NC(=Nc1ccccc1-c1ccccc1)N1CCS(=O)CC1. The number of nitrogens with zero attached hydrogens (tertiary/aromatic N) is 2. The summed E-state index contributed by atoms with van der Waals surface area (Å²) in [5.74, 6) is 1.83. The van der Waals surface area contributed by atoms with Crippen LogP contribution in [0.2, 0.25) is 0 Å². The molecule has 0 atom stereocenters. The lowest BCUT2D eigenvalue weighted by molar-refractivity contribution is 0.450. The fourth-order valence-corrected chi connectivity index (χ4v) is 3.55. The van der Waals surface area contributed by atoms with Crippen molar-refractivity contribution in [1.82, 2.24) is 4.90 Å². The van der Waals surface area contributed by atoms with Crippen LogP contribution in [0, 0.1) is 0 Å². The van der Waals surface area contributed by atoms with Gasteiger partial charge in [0.15, 0.2) is 5.96 Å². The molecule has 2 N–H and O–H groups in total. The van der Waals surface area contributed by atoms with Crippen molar-refractivity contribution in [3.05, 3.63) is 54.6 Å². The molecule has 0 aliphatic carbocycles. The Kier molecular flexibility index (Phi) is 4.53. The maximum absolute atomic E-state index is 11.4. The quantitative estimate of drug-likeness (QED) is 0.684. The number of nitrogens with two attached hydrogens (primary N) is 1. The van der Waals surface area contributed by atoms with Crippen LogP contribution in [0.25, 0.3) is 11.1 Å². The van der Waals surface area contributed by atoms with E-state index in [2.05, 4.69) is 17.1 Å². The largest absolute Gasteiger partial charge is 0.369 e. The monoisotopic (exact) mass is 313 g/mol. The second kappa shape index (κ2) is 6.75. The molecule has 0 saturated carbocycles. The lowest BCUT2D eigenvalue weighted by Gasteiger charge is -2.27. The number of rotatable bonds is 2. The molecule has 1 fully saturated rings. The van der Waals surface area contributed by atoms with Crippen LogP contribution in [0.5, 0.6) is 0 Å². The number of benzene rings is 2. The Bertz CT molecular complexity index is 690. The minimum Gasteiger partial charge on any atom is -0.369 e. The van der Waals surface area contributed by atoms with Gasteiger partial charge in [0.2, 0.25) is 0 Å². The molecule has 1 heterocycles. The molecule has 1 aliphatic rings. The Morgan fingerprint density at radius 3 is 2.36 bits per heavy atom. The summed E-state index contributed by atoms with van der Waals surface area (Å²) in [7, 11) is -0.710. The van der Waals surface area contributed by atoms with Gasteiger partial charge in [-0.05, 0) is 11.6 Å². The summed E-state index contributed by atoms with van der Waals surface area (Å²) in [6.07, 6.45) is 0. The molecule has 1 aliphatic heterocycles. The topological polar surface area (TPSA) is 58.7 Å². The predicted molar refractivity (Wildman–Crippen MR) is 92.6 cm³/mol. The zero-order valence-corrected chi connectivity index (χ0v) is 13.1. The van der Waals surface area contributed by atoms with E-state index in [1.165, 1.54) is 0 Å². The van der Waals surface area contributed by atoms with E-state index in [1.54, 1.807) is 0 Å². The third-order valence-corrected chi connectivity index (χ3v) is 5.00. The van der Waals surface area contributed by atoms with Crippen molar-refractivity contribution >= 4 is 22.4 Å². The van der Waals surface area contributed by atoms with Gasteiger partial charge in [-0.15, -0.1) is 0 Å². The van der Waals surface area contributed by atoms with Gasteiger partial charge in [0.1, 0.15) is 0 Å². The second-order valence-electron chi connectivity index (χ2n) is 5.19. The third kappa shape index (κ3) is 3.36. The van der Waals surface area contributed by atoms with Gasteiger partial charge in [-0.1, -0.05) is 48.5 Å². The number of aliphatic imine (C=N–C) groups is 1. The average molecular weight is 313 g/mol. The number of guanidine groups is 1. The first-order valence-electron chi connectivity index (χ1n) is 7.32. The number of hydrogen-bond acceptors (Lipinski definition) is 2. The van der Waals surface area contributed by atoms with E-state index >= 15 is 0 Å². The van der Waals surface area contributed by atoms with Crippen molar-refractivity contribution in [2.45, 2.75) is 0 Å². The second-order valence-corrected chi connectivity index (χ2v) is 6.88. The lowest BCUT2D eigenvalue weighted by atomic mass is 10.0. The van der Waals surface area contributed by atoms with Crippen molar-refractivity contribution in [2.24, 2.45) is 10.7 Å². The zero-order valence-electron chi connectivity index (χ0n) is 12.3. The zero-order chi connectivity index (χ0) is 15.4. The van der Waals surface area contributed by atoms with Crippen LogP contribution in [-0.2, 0) is 10.8 Å². The summed E-state index contributed by atoms with van der Waals surface area (Å²) in [5.41, 5.74) is 9.19. The van der Waals surface area contributed by atoms with Crippen molar-refractivity contribution in [2.75, 3.05) is 24.6 Å². The fraction of sp³-hybridized carbons (Fsp3) is 0.235. The normalized spacial score (nSPS) is 16.7. The first-order valence-corrected chi connectivity index (χ1v) is 8.81. The van der Waals surface area contributed by atoms with Gasteiger partial charge >= 0.3 is 0 Å². The van der Waals surface area contributed by atoms with Crippen LogP contribution in [0.1, 0.15) is 0 Å². The molecule has 0 unspecified atom stereocenters. The molecule has 114 valence electrons. The molecule has 2 aromatic rings. The molecule has 0 amide bonds. The Morgan fingerprint density at radius 2 is 1.64 bits per heavy atom. The van der Waals surface area contributed by atoms with E-state index < -0.39 is 10.8 Å². The summed E-state index contributed by atoms with van der Waals surface area (Å²) >= 11 is 0. The molecule has 0 spiro atoms. The highest BCUT2D eigenvalue weighted by molar-refractivity contribution is 7.85. The van der Waals surface area contributed by atoms with E-state index in [-0.39, 0.29) is 0 Å². The molecule has 22 heavy (non-hydrogen) atoms. The van der Waals surface area contributed by atoms with Crippen LogP contribution in [0.15, 0.2) is 59.6 Å². The smallest absolute Gasteiger partial charge is 0.196 e. The molecule has 0 radical (unpaired) electrons. The van der Waals surface area contributed by atoms with E-state index in [4.69, 9.17) is 5.73 Å². The molecule has 2 aromatic carbocycles. The molecule has 3 rings (SSSR count). The molecular formula is C17H19N3OS. The van der Waals surface area contributed by atoms with Crippen molar-refractivity contribution in [3.8, 4) is 11.1 Å². The molecular weight excluding hydrogens is 294 g/mol. The molecule has 1 saturated heterocycles. The maximum Gasteiger partial charge on any atom is 0.196 e. The van der Waals surface area contributed by atoms with Crippen LogP contribution in [-0.4, -0.2) is 39.7 Å². The van der Waals surface area contributed by atoms with Crippen LogP contribution in [0.4, 0.5) is 5.69 Å². The van der Waals surface area contributed by atoms with Crippen molar-refractivity contribution in [1.29, 1.82) is 0 Å². The van der Waals surface area contributed by atoms with E-state index in [0.29, 0.717) is 30.6 Å². The summed E-state index contributed by atoms with van der Waals surface area (Å²) in [5, 5.41) is 0. The first kappa shape index (κ1) is 14.8. The highest BCUT2D eigenvalue weighted by Crippen LogP contribution is 2.29. The van der Waals surface area contributed by atoms with Gasteiger partial charge < -0.3 is 10.6 Å². The molecule has 0 bridgehead atoms. The lowest BCUT2D eigenvalue weighted by Crippen LogP contribution is -2.45. The van der Waals surface area contributed by atoms with Gasteiger partial charge in [-0.3, -0.25) is 4.21 Å². The van der Waals surface area contributed by atoms with Gasteiger partial charge in [-0.25, -0.2) is 4.99 Å². The minimum atomic E-state index is -0.710. The Labute approximate surface area is 133 Å². The fourth-order valence-electron chi connectivity index (χ4n) is 2.49. The summed E-state index contributed by atoms with van der Waals surface area (Å²) < 4.78 is 11.4. The van der Waals surface area contributed by atoms with Crippen molar-refractivity contribution < 1.29 is 4.21 Å². The molecule has 5 heteroatoms. The Balaban J connectivity index is 1.89.